The Bertz CT molecular complexity index is 658. The summed E-state index contributed by atoms with van der Waals surface area (Å²) in [5.41, 5.74) is -0.123. The van der Waals surface area contributed by atoms with Gasteiger partial charge in [0.05, 0.1) is 4.92 Å². The molecule has 1 aromatic rings. The maximum Gasteiger partial charge on any atom is 0.331 e. The number of benzene rings is 1. The monoisotopic (exact) mass is 285 g/mol. The summed E-state index contributed by atoms with van der Waals surface area (Å²) >= 11 is 0. The molecule has 0 bridgehead atoms. The fraction of sp³-hybridized carbons (Fsp3) is 0.133. The van der Waals surface area contributed by atoms with Crippen LogP contribution in [0.15, 0.2) is 36.9 Å². The molecule has 0 saturated heterocycles. The lowest BCUT2D eigenvalue weighted by molar-refractivity contribution is -0.385. The van der Waals surface area contributed by atoms with Crippen LogP contribution in [-0.4, -0.2) is 24.1 Å². The third-order valence-corrected chi connectivity index (χ3v) is 2.05. The lowest BCUT2D eigenvalue weighted by atomic mass is 10.3. The molecule has 0 radical (unpaired) electrons. The number of para-hydroxylation sites is 2. The lowest BCUT2D eigenvalue weighted by Crippen LogP contribution is -1.99. The van der Waals surface area contributed by atoms with E-state index in [2.05, 4.69) is 35.0 Å². The van der Waals surface area contributed by atoms with E-state index in [9.17, 15) is 14.9 Å². The minimum absolute atomic E-state index is 0.0357. The van der Waals surface area contributed by atoms with Crippen LogP contribution >= 0.6 is 0 Å². The average molecular weight is 285 g/mol. The van der Waals surface area contributed by atoms with Gasteiger partial charge >= 0.3 is 11.7 Å². The Labute approximate surface area is 121 Å². The molecule has 0 fully saturated rings. The second-order valence-electron chi connectivity index (χ2n) is 3.43. The van der Waals surface area contributed by atoms with Crippen LogP contribution in [0.5, 0.6) is 5.75 Å². The molecule has 0 atom stereocenters. The van der Waals surface area contributed by atoms with Gasteiger partial charge in [-0.2, -0.15) is 0 Å². The molecule has 6 nitrogen and oxygen atoms in total. The summed E-state index contributed by atoms with van der Waals surface area (Å²) in [7, 11) is 0. The molecule has 1 aromatic carbocycles. The Kier molecular flexibility index (Phi) is 6.61. The van der Waals surface area contributed by atoms with Crippen molar-refractivity contribution >= 4 is 11.7 Å². The molecule has 1 rings (SSSR count). The average Bonchev–Trinajstić information content (AvgIpc) is 2.49. The van der Waals surface area contributed by atoms with E-state index in [0.717, 1.165) is 6.08 Å². The number of nitro groups is 1. The predicted octanol–water partition coefficient (Wildman–Crippen LogP) is 1.71. The zero-order chi connectivity index (χ0) is 15.5. The molecular formula is C15H11NO5. The molecule has 0 aliphatic heterocycles. The summed E-state index contributed by atoms with van der Waals surface area (Å²) in [6.07, 6.45) is 1.04. The molecule has 0 aliphatic rings. The zero-order valence-electron chi connectivity index (χ0n) is 11.0. The molecule has 0 aromatic heterocycles. The maximum atomic E-state index is 10.7. The van der Waals surface area contributed by atoms with Crippen molar-refractivity contribution < 1.29 is 19.2 Å². The van der Waals surface area contributed by atoms with Gasteiger partial charge in [-0.15, -0.1) is 0 Å². The minimum atomic E-state index is -0.558. The summed E-state index contributed by atoms with van der Waals surface area (Å²) in [5, 5.41) is 10.7. The second-order valence-corrected chi connectivity index (χ2v) is 3.43. The highest BCUT2D eigenvalue weighted by Crippen LogP contribution is 2.25. The van der Waals surface area contributed by atoms with E-state index < -0.39 is 10.9 Å². The topological polar surface area (TPSA) is 78.7 Å². The van der Waals surface area contributed by atoms with E-state index in [0.29, 0.717) is 0 Å². The number of ether oxygens (including phenoxy) is 2. The Hall–Kier alpha value is -3.25. The van der Waals surface area contributed by atoms with Gasteiger partial charge in [-0.1, -0.05) is 18.7 Å². The standard InChI is InChI=1S/C15H11NO5/c1-2-15(17)21-12-8-4-3-7-11-20-14-10-6-5-9-13(14)16(18)19/h2,5-6,9-10H,1,11-12H2. The SMILES string of the molecule is C=CC(=O)OCC#CC#CCOc1ccccc1[N+](=O)[O-]. The highest BCUT2D eigenvalue weighted by atomic mass is 16.6. The summed E-state index contributed by atoms with van der Waals surface area (Å²) in [5.74, 6) is 9.58. The van der Waals surface area contributed by atoms with Crippen molar-refractivity contribution in [3.63, 3.8) is 0 Å². The third kappa shape index (κ3) is 5.95. The fourth-order valence-electron chi connectivity index (χ4n) is 1.17. The van der Waals surface area contributed by atoms with E-state index in [1.54, 1.807) is 12.1 Å². The predicted molar refractivity (Wildman–Crippen MR) is 75.3 cm³/mol. The molecule has 6 heteroatoms. The quantitative estimate of drug-likeness (QED) is 0.270. The van der Waals surface area contributed by atoms with Gasteiger partial charge in [0.25, 0.3) is 0 Å². The molecule has 0 heterocycles. The Balaban J connectivity index is 2.43. The first-order valence-corrected chi connectivity index (χ1v) is 5.76. The van der Waals surface area contributed by atoms with Crippen molar-refractivity contribution in [1.82, 2.24) is 0 Å². The van der Waals surface area contributed by atoms with Crippen molar-refractivity contribution in [3.8, 4) is 29.4 Å². The molecule has 0 amide bonds. The van der Waals surface area contributed by atoms with Crippen LogP contribution in [0.3, 0.4) is 0 Å². The summed E-state index contributed by atoms with van der Waals surface area (Å²) in [4.78, 5) is 20.9. The molecule has 0 saturated carbocycles. The number of carbonyl (C=O) groups excluding carboxylic acids is 1. The summed E-state index contributed by atoms with van der Waals surface area (Å²) in [6.45, 7) is 3.12. The number of hydrogen-bond donors (Lipinski definition) is 0. The molecular weight excluding hydrogens is 274 g/mol. The minimum Gasteiger partial charge on any atom is -0.474 e. The first-order chi connectivity index (χ1) is 10.1. The van der Waals surface area contributed by atoms with Crippen LogP contribution in [-0.2, 0) is 9.53 Å². The van der Waals surface area contributed by atoms with Crippen molar-refractivity contribution in [2.75, 3.05) is 13.2 Å². The van der Waals surface area contributed by atoms with E-state index in [1.807, 2.05) is 0 Å². The van der Waals surface area contributed by atoms with Gasteiger partial charge in [0.2, 0.25) is 0 Å². The van der Waals surface area contributed by atoms with Gasteiger partial charge in [0.15, 0.2) is 12.4 Å². The second kappa shape index (κ2) is 8.78. The highest BCUT2D eigenvalue weighted by Gasteiger charge is 2.12. The lowest BCUT2D eigenvalue weighted by Gasteiger charge is -2.01. The Morgan fingerprint density at radius 1 is 1.29 bits per heavy atom. The van der Waals surface area contributed by atoms with Gasteiger partial charge in [-0.05, 0) is 29.7 Å². The maximum absolute atomic E-state index is 10.7. The van der Waals surface area contributed by atoms with Crippen LogP contribution in [0.25, 0.3) is 0 Å². The molecule has 21 heavy (non-hydrogen) atoms. The van der Waals surface area contributed by atoms with E-state index >= 15 is 0 Å². The van der Waals surface area contributed by atoms with Gasteiger partial charge in [0.1, 0.15) is 6.61 Å². The summed E-state index contributed by atoms with van der Waals surface area (Å²) in [6, 6.07) is 6.01. The number of hydrogen-bond acceptors (Lipinski definition) is 5. The van der Waals surface area contributed by atoms with Crippen LogP contribution in [0.4, 0.5) is 5.69 Å². The first kappa shape index (κ1) is 15.8. The van der Waals surface area contributed by atoms with Crippen molar-refractivity contribution in [2.24, 2.45) is 0 Å². The van der Waals surface area contributed by atoms with E-state index in [4.69, 9.17) is 4.74 Å². The third-order valence-electron chi connectivity index (χ3n) is 2.05. The number of rotatable bonds is 5. The first-order valence-electron chi connectivity index (χ1n) is 5.76. The van der Waals surface area contributed by atoms with Crippen LogP contribution < -0.4 is 4.74 Å². The molecule has 106 valence electrons. The summed E-state index contributed by atoms with van der Waals surface area (Å²) < 4.78 is 9.78. The van der Waals surface area contributed by atoms with E-state index in [1.165, 1.54) is 12.1 Å². The zero-order valence-corrected chi connectivity index (χ0v) is 11.0. The van der Waals surface area contributed by atoms with Crippen molar-refractivity contribution in [3.05, 3.63) is 47.0 Å². The number of carbonyl (C=O) groups is 1. The normalized spacial score (nSPS) is 8.38. The molecule has 0 unspecified atom stereocenters. The molecule has 0 spiro atoms. The highest BCUT2D eigenvalue weighted by molar-refractivity contribution is 5.81. The van der Waals surface area contributed by atoms with Gasteiger partial charge in [-0.3, -0.25) is 10.1 Å². The number of esters is 1. The molecule has 0 aliphatic carbocycles. The Morgan fingerprint density at radius 3 is 2.62 bits per heavy atom. The van der Waals surface area contributed by atoms with Crippen molar-refractivity contribution in [2.45, 2.75) is 0 Å². The number of nitro benzene ring substituents is 1. The van der Waals surface area contributed by atoms with Gasteiger partial charge in [-0.25, -0.2) is 4.79 Å². The molecule has 0 N–H and O–H groups in total. The largest absolute Gasteiger partial charge is 0.474 e. The fourth-order valence-corrected chi connectivity index (χ4v) is 1.17. The van der Waals surface area contributed by atoms with Gasteiger partial charge in [0, 0.05) is 12.1 Å². The smallest absolute Gasteiger partial charge is 0.331 e. The van der Waals surface area contributed by atoms with Crippen molar-refractivity contribution in [1.29, 1.82) is 0 Å². The van der Waals surface area contributed by atoms with Crippen LogP contribution in [0.1, 0.15) is 0 Å². The van der Waals surface area contributed by atoms with Gasteiger partial charge < -0.3 is 9.47 Å². The Morgan fingerprint density at radius 2 is 1.95 bits per heavy atom. The van der Waals surface area contributed by atoms with E-state index in [-0.39, 0.29) is 24.7 Å². The van der Waals surface area contributed by atoms with Crippen LogP contribution in [0.2, 0.25) is 0 Å². The van der Waals surface area contributed by atoms with Crippen LogP contribution in [0, 0.1) is 33.8 Å². The number of nitrogens with zero attached hydrogens (tertiary/aromatic N) is 1.